The molecule has 2 rings (SSSR count). The fraction of sp³-hybridized carbons (Fsp3) is 0.452. The molecule has 0 radical (unpaired) electrons. The molecular weight excluding hydrogens is 741 g/mol. The van der Waals surface area contributed by atoms with Crippen LogP contribution in [-0.2, 0) is 43.2 Å². The maximum atomic E-state index is 13.4. The van der Waals surface area contributed by atoms with Crippen molar-refractivity contribution >= 4 is 93.2 Å². The summed E-state index contributed by atoms with van der Waals surface area (Å²) >= 11 is 5.20. The molecular formula is C31H38N8O12S2. The number of carbonyl (C=O) groups is 9. The van der Waals surface area contributed by atoms with Crippen LogP contribution in [0, 0.1) is 17.2 Å². The predicted octanol–water partition coefficient (Wildman–Crippen LogP) is -1.05. The van der Waals surface area contributed by atoms with Crippen LogP contribution in [0.4, 0.5) is 5.69 Å². The molecule has 1 heterocycles. The molecule has 0 spiro atoms. The smallest absolute Gasteiger partial charge is 0.305 e. The molecule has 0 bridgehead atoms. The van der Waals surface area contributed by atoms with Gasteiger partial charge in [0.05, 0.1) is 23.1 Å². The Balaban J connectivity index is 2.22. The summed E-state index contributed by atoms with van der Waals surface area (Å²) in [6.07, 6.45) is -2.99. The number of rotatable bonds is 20. The standard InChI is InChI=1S/C31H38N8O12S2/c1-13(2)26(39-27(47)17(6-7-23(41)42)36-28(48)18(9-24(43)44)33-14(3)40)31(51)37-19(10-25(45)46)29(49)38-20(12-52)30(50)34-15-4-5-16-21(8-15)53-22(11-32)35-16/h4-5,8,13,17-20,26,52H,6-7,9-10,12H2,1-3H3,(H,33,40)(H,34,50)(H,36,48)(H,37,51)(H,38,49)(H,39,47)(H,41,42)(H,43,44)(H,45,46). The second-order valence-corrected chi connectivity index (χ2v) is 13.2. The van der Waals surface area contributed by atoms with E-state index in [1.54, 1.807) is 12.1 Å². The minimum absolute atomic E-state index is 0.212. The van der Waals surface area contributed by atoms with Crippen molar-refractivity contribution in [3.8, 4) is 6.07 Å². The van der Waals surface area contributed by atoms with Gasteiger partial charge in [0.1, 0.15) is 36.3 Å². The Kier molecular flexibility index (Phi) is 16.6. The first-order valence-corrected chi connectivity index (χ1v) is 17.2. The summed E-state index contributed by atoms with van der Waals surface area (Å²) in [5.74, 6) is -11.2. The Labute approximate surface area is 310 Å². The first kappa shape index (κ1) is 43.3. The highest BCUT2D eigenvalue weighted by Gasteiger charge is 2.34. The van der Waals surface area contributed by atoms with Gasteiger partial charge in [-0.05, 0) is 30.5 Å². The van der Waals surface area contributed by atoms with E-state index >= 15 is 0 Å². The number of thiazole rings is 1. The monoisotopic (exact) mass is 778 g/mol. The average Bonchev–Trinajstić information content (AvgIpc) is 3.48. The number of hydrogen-bond donors (Lipinski definition) is 10. The number of nitriles is 1. The van der Waals surface area contributed by atoms with Crippen molar-refractivity contribution < 1.29 is 58.5 Å². The van der Waals surface area contributed by atoms with Gasteiger partial charge in [0.15, 0.2) is 5.01 Å². The van der Waals surface area contributed by atoms with E-state index in [9.17, 15) is 53.4 Å². The average molecular weight is 779 g/mol. The number of nitrogens with one attached hydrogen (secondary N) is 6. The molecule has 6 amide bonds. The van der Waals surface area contributed by atoms with Crippen LogP contribution in [-0.4, -0.2) is 110 Å². The van der Waals surface area contributed by atoms with Gasteiger partial charge in [0.25, 0.3) is 0 Å². The topological polar surface area (TPSA) is 323 Å². The van der Waals surface area contributed by atoms with Crippen LogP contribution < -0.4 is 31.9 Å². The quantitative estimate of drug-likeness (QED) is 0.0718. The zero-order chi connectivity index (χ0) is 40.0. The van der Waals surface area contributed by atoms with E-state index in [2.05, 4.69) is 49.5 Å². The third-order valence-electron chi connectivity index (χ3n) is 7.18. The van der Waals surface area contributed by atoms with Crippen molar-refractivity contribution in [2.75, 3.05) is 11.1 Å². The van der Waals surface area contributed by atoms with E-state index < -0.39 is 115 Å². The third kappa shape index (κ3) is 14.0. The summed E-state index contributed by atoms with van der Waals surface area (Å²) in [7, 11) is 0. The van der Waals surface area contributed by atoms with Crippen LogP contribution in [0.25, 0.3) is 10.2 Å². The van der Waals surface area contributed by atoms with E-state index in [4.69, 9.17) is 10.4 Å². The lowest BCUT2D eigenvalue weighted by molar-refractivity contribution is -0.142. The van der Waals surface area contributed by atoms with Gasteiger partial charge >= 0.3 is 17.9 Å². The Morgan fingerprint density at radius 1 is 0.774 bits per heavy atom. The van der Waals surface area contributed by atoms with Crippen molar-refractivity contribution in [1.29, 1.82) is 5.26 Å². The third-order valence-corrected chi connectivity index (χ3v) is 8.47. The molecule has 5 unspecified atom stereocenters. The second kappa shape index (κ2) is 20.3. The van der Waals surface area contributed by atoms with Crippen LogP contribution in [0.3, 0.4) is 0 Å². The summed E-state index contributed by atoms with van der Waals surface area (Å²) in [5.41, 5.74) is 0.826. The van der Waals surface area contributed by atoms with Gasteiger partial charge in [-0.25, -0.2) is 4.98 Å². The van der Waals surface area contributed by atoms with E-state index in [0.29, 0.717) is 15.9 Å². The molecule has 0 aliphatic carbocycles. The van der Waals surface area contributed by atoms with E-state index in [0.717, 1.165) is 18.3 Å². The fourth-order valence-electron chi connectivity index (χ4n) is 4.62. The highest BCUT2D eigenvalue weighted by molar-refractivity contribution is 7.80. The van der Waals surface area contributed by atoms with E-state index in [-0.39, 0.29) is 10.8 Å². The van der Waals surface area contributed by atoms with Gasteiger partial charge in [-0.15, -0.1) is 11.3 Å². The number of aliphatic carboxylic acids is 3. The lowest BCUT2D eigenvalue weighted by Gasteiger charge is -2.28. The molecule has 1 aromatic heterocycles. The van der Waals surface area contributed by atoms with Crippen LogP contribution in [0.5, 0.6) is 0 Å². The number of carboxylic acids is 3. The zero-order valence-electron chi connectivity index (χ0n) is 28.5. The molecule has 0 fully saturated rings. The summed E-state index contributed by atoms with van der Waals surface area (Å²) in [6.45, 7) is 3.98. The molecule has 20 nitrogen and oxygen atoms in total. The summed E-state index contributed by atoms with van der Waals surface area (Å²) < 4.78 is 0.602. The van der Waals surface area contributed by atoms with Gasteiger partial charge in [0, 0.05) is 24.8 Å². The number of aromatic nitrogens is 1. The highest BCUT2D eigenvalue weighted by atomic mass is 32.1. The Hall–Kier alpha value is -5.82. The Morgan fingerprint density at radius 2 is 1.32 bits per heavy atom. The summed E-state index contributed by atoms with van der Waals surface area (Å²) in [6, 6.07) is -1.29. The largest absolute Gasteiger partial charge is 0.481 e. The lowest BCUT2D eigenvalue weighted by atomic mass is 10.0. The number of carboxylic acid groups (broad SMARTS) is 3. The van der Waals surface area contributed by atoms with Crippen LogP contribution >= 0.6 is 24.0 Å². The van der Waals surface area contributed by atoms with Crippen molar-refractivity contribution in [3.05, 3.63) is 23.2 Å². The first-order valence-electron chi connectivity index (χ1n) is 15.7. The SMILES string of the molecule is CC(=O)NC(CC(=O)O)C(=O)NC(CCC(=O)O)C(=O)NC(C(=O)NC(CC(=O)O)C(=O)NC(CS)C(=O)Nc1ccc2nc(C#N)sc2c1)C(C)C. The lowest BCUT2D eigenvalue weighted by Crippen LogP contribution is -2.60. The summed E-state index contributed by atoms with van der Waals surface area (Å²) in [4.78, 5) is 116. The number of benzene rings is 1. The van der Waals surface area contributed by atoms with Crippen molar-refractivity contribution in [3.63, 3.8) is 0 Å². The number of carbonyl (C=O) groups excluding carboxylic acids is 6. The zero-order valence-corrected chi connectivity index (χ0v) is 30.2. The highest BCUT2D eigenvalue weighted by Crippen LogP contribution is 2.25. The van der Waals surface area contributed by atoms with E-state index in [1.807, 2.05) is 6.07 Å². The molecule has 5 atom stereocenters. The Morgan fingerprint density at radius 3 is 1.83 bits per heavy atom. The fourth-order valence-corrected chi connectivity index (χ4v) is 5.68. The van der Waals surface area contributed by atoms with Crippen molar-refractivity contribution in [2.45, 2.75) is 76.7 Å². The molecule has 0 aliphatic rings. The minimum Gasteiger partial charge on any atom is -0.481 e. The van der Waals surface area contributed by atoms with Crippen LogP contribution in [0.2, 0.25) is 0 Å². The molecule has 2 aromatic rings. The molecule has 1 aromatic carbocycles. The number of amides is 6. The number of nitrogens with zero attached hydrogens (tertiary/aromatic N) is 2. The number of anilines is 1. The maximum Gasteiger partial charge on any atom is 0.305 e. The second-order valence-electron chi connectivity index (χ2n) is 11.8. The van der Waals surface area contributed by atoms with Crippen LogP contribution in [0.15, 0.2) is 18.2 Å². The van der Waals surface area contributed by atoms with Gasteiger partial charge < -0.3 is 47.2 Å². The Bertz CT molecular complexity index is 1780. The molecule has 22 heteroatoms. The molecule has 286 valence electrons. The molecule has 9 N–H and O–H groups in total. The minimum atomic E-state index is -1.77. The van der Waals surface area contributed by atoms with Gasteiger partial charge in [-0.1, -0.05) is 13.8 Å². The normalized spacial score (nSPS) is 13.6. The maximum absolute atomic E-state index is 13.4. The number of hydrogen-bond acceptors (Lipinski definition) is 13. The van der Waals surface area contributed by atoms with E-state index in [1.165, 1.54) is 19.9 Å². The molecule has 0 aliphatic heterocycles. The summed E-state index contributed by atoms with van der Waals surface area (Å²) in [5, 5.41) is 50.9. The van der Waals surface area contributed by atoms with Gasteiger partial charge in [-0.2, -0.15) is 17.9 Å². The predicted molar refractivity (Wildman–Crippen MR) is 188 cm³/mol. The van der Waals surface area contributed by atoms with Crippen molar-refractivity contribution in [1.82, 2.24) is 31.6 Å². The molecule has 0 saturated heterocycles. The van der Waals surface area contributed by atoms with Gasteiger partial charge in [0.2, 0.25) is 35.4 Å². The molecule has 0 saturated carbocycles. The number of thiol groups is 1. The van der Waals surface area contributed by atoms with Crippen molar-refractivity contribution in [2.24, 2.45) is 5.92 Å². The van der Waals surface area contributed by atoms with Gasteiger partial charge in [-0.3, -0.25) is 43.2 Å². The van der Waals surface area contributed by atoms with Crippen LogP contribution in [0.1, 0.15) is 51.5 Å². The first-order chi connectivity index (χ1) is 24.8. The number of fused-ring (bicyclic) bond motifs is 1. The molecule has 53 heavy (non-hydrogen) atoms.